The van der Waals surface area contributed by atoms with E-state index < -0.39 is 0 Å². The average Bonchev–Trinajstić information content (AvgIpc) is 2.60. The Kier molecular flexibility index (Phi) is 5.61. The van der Waals surface area contributed by atoms with Crippen molar-refractivity contribution in [2.24, 2.45) is 5.92 Å². The molecule has 1 saturated heterocycles. The lowest BCUT2D eigenvalue weighted by atomic mass is 9.78. The Morgan fingerprint density at radius 3 is 2.44 bits per heavy atom. The number of benzene rings is 1. The van der Waals surface area contributed by atoms with Gasteiger partial charge in [-0.15, -0.1) is 0 Å². The summed E-state index contributed by atoms with van der Waals surface area (Å²) in [6, 6.07) is 7.52. The topological polar surface area (TPSA) is 61.4 Å². The number of anilines is 1. The SMILES string of the molecule is CC(C)NC(=O)Nc1ccc(C(=O)N2CCC[C@H]3CCCC[C@@H]32)cc1. The van der Waals surface area contributed by atoms with Crippen LogP contribution in [-0.4, -0.2) is 35.5 Å². The van der Waals surface area contributed by atoms with Gasteiger partial charge >= 0.3 is 6.03 Å². The maximum absolute atomic E-state index is 13.0. The van der Waals surface area contributed by atoms with Crippen LogP contribution in [0.1, 0.15) is 62.7 Å². The molecule has 1 aromatic rings. The summed E-state index contributed by atoms with van der Waals surface area (Å²) in [5, 5.41) is 5.58. The molecule has 2 atom stereocenters. The number of likely N-dealkylation sites (tertiary alicyclic amines) is 1. The molecule has 136 valence electrons. The number of carbonyl (C=O) groups is 2. The van der Waals surface area contributed by atoms with Crippen molar-refractivity contribution in [1.29, 1.82) is 0 Å². The molecule has 1 aliphatic heterocycles. The molecule has 1 heterocycles. The Morgan fingerprint density at radius 1 is 1.04 bits per heavy atom. The second kappa shape index (κ2) is 7.89. The largest absolute Gasteiger partial charge is 0.336 e. The zero-order chi connectivity index (χ0) is 17.8. The van der Waals surface area contributed by atoms with Gasteiger partial charge in [0, 0.05) is 29.9 Å². The number of fused-ring (bicyclic) bond motifs is 1. The first-order valence-corrected chi connectivity index (χ1v) is 9.53. The van der Waals surface area contributed by atoms with Crippen molar-refractivity contribution in [1.82, 2.24) is 10.2 Å². The predicted molar refractivity (Wildman–Crippen MR) is 99.7 cm³/mol. The Labute approximate surface area is 150 Å². The van der Waals surface area contributed by atoms with Crippen LogP contribution in [0.5, 0.6) is 0 Å². The summed E-state index contributed by atoms with van der Waals surface area (Å²) in [6.45, 7) is 4.70. The van der Waals surface area contributed by atoms with Gasteiger partial charge in [-0.05, 0) is 69.7 Å². The van der Waals surface area contributed by atoms with E-state index in [-0.39, 0.29) is 18.0 Å². The quantitative estimate of drug-likeness (QED) is 0.871. The zero-order valence-corrected chi connectivity index (χ0v) is 15.3. The summed E-state index contributed by atoms with van der Waals surface area (Å²) in [5.74, 6) is 0.821. The highest BCUT2D eigenvalue weighted by Crippen LogP contribution is 2.35. The first-order valence-electron chi connectivity index (χ1n) is 9.53. The van der Waals surface area contributed by atoms with Gasteiger partial charge < -0.3 is 15.5 Å². The van der Waals surface area contributed by atoms with Crippen molar-refractivity contribution in [2.45, 2.75) is 64.5 Å². The minimum absolute atomic E-state index is 0.0865. The van der Waals surface area contributed by atoms with Crippen LogP contribution in [-0.2, 0) is 0 Å². The van der Waals surface area contributed by atoms with Crippen molar-refractivity contribution < 1.29 is 9.59 Å². The van der Waals surface area contributed by atoms with E-state index in [0.29, 0.717) is 23.2 Å². The molecule has 1 saturated carbocycles. The monoisotopic (exact) mass is 343 g/mol. The van der Waals surface area contributed by atoms with Crippen molar-refractivity contribution in [2.75, 3.05) is 11.9 Å². The zero-order valence-electron chi connectivity index (χ0n) is 15.3. The third kappa shape index (κ3) is 4.33. The fourth-order valence-corrected chi connectivity index (χ4v) is 4.17. The van der Waals surface area contributed by atoms with E-state index in [1.54, 1.807) is 12.1 Å². The smallest absolute Gasteiger partial charge is 0.319 e. The Bertz CT molecular complexity index is 610. The molecular formula is C20H29N3O2. The van der Waals surface area contributed by atoms with E-state index >= 15 is 0 Å². The fraction of sp³-hybridized carbons (Fsp3) is 0.600. The second-order valence-electron chi connectivity index (χ2n) is 7.58. The molecule has 0 radical (unpaired) electrons. The normalized spacial score (nSPS) is 23.1. The summed E-state index contributed by atoms with van der Waals surface area (Å²) in [7, 11) is 0. The molecule has 0 aromatic heterocycles. The molecular weight excluding hydrogens is 314 g/mol. The molecule has 2 fully saturated rings. The van der Waals surface area contributed by atoms with Gasteiger partial charge in [0.25, 0.3) is 5.91 Å². The van der Waals surface area contributed by atoms with Gasteiger partial charge in [-0.2, -0.15) is 0 Å². The van der Waals surface area contributed by atoms with Crippen molar-refractivity contribution in [3.05, 3.63) is 29.8 Å². The highest BCUT2D eigenvalue weighted by Gasteiger charge is 2.35. The number of urea groups is 1. The van der Waals surface area contributed by atoms with Gasteiger partial charge in [-0.25, -0.2) is 4.79 Å². The molecule has 1 aromatic carbocycles. The predicted octanol–water partition coefficient (Wildman–Crippen LogP) is 4.01. The number of rotatable bonds is 3. The van der Waals surface area contributed by atoms with Crippen LogP contribution in [0.3, 0.4) is 0 Å². The van der Waals surface area contributed by atoms with Gasteiger partial charge in [0.1, 0.15) is 0 Å². The molecule has 2 N–H and O–H groups in total. The fourth-order valence-electron chi connectivity index (χ4n) is 4.17. The number of piperidine rings is 1. The molecule has 0 bridgehead atoms. The van der Waals surface area contributed by atoms with Gasteiger partial charge in [-0.3, -0.25) is 4.79 Å². The van der Waals surface area contributed by atoms with Crippen molar-refractivity contribution >= 4 is 17.6 Å². The van der Waals surface area contributed by atoms with Gasteiger partial charge in [0.05, 0.1) is 0 Å². The molecule has 25 heavy (non-hydrogen) atoms. The number of carbonyl (C=O) groups excluding carboxylic acids is 2. The van der Waals surface area contributed by atoms with Crippen LogP contribution in [0, 0.1) is 5.92 Å². The molecule has 5 heteroatoms. The number of nitrogens with one attached hydrogen (secondary N) is 2. The van der Waals surface area contributed by atoms with Gasteiger partial charge in [-0.1, -0.05) is 12.8 Å². The molecule has 5 nitrogen and oxygen atoms in total. The number of amides is 3. The molecule has 1 aliphatic carbocycles. The lowest BCUT2D eigenvalue weighted by Crippen LogP contribution is -2.49. The van der Waals surface area contributed by atoms with E-state index in [2.05, 4.69) is 15.5 Å². The van der Waals surface area contributed by atoms with E-state index in [1.165, 1.54) is 25.7 Å². The van der Waals surface area contributed by atoms with E-state index in [9.17, 15) is 9.59 Å². The molecule has 3 rings (SSSR count). The van der Waals surface area contributed by atoms with E-state index in [1.807, 2.05) is 26.0 Å². The first-order chi connectivity index (χ1) is 12.0. The number of hydrogen-bond acceptors (Lipinski definition) is 2. The Balaban J connectivity index is 1.65. The number of hydrogen-bond donors (Lipinski definition) is 2. The maximum Gasteiger partial charge on any atom is 0.319 e. The van der Waals surface area contributed by atoms with Crippen LogP contribution in [0.15, 0.2) is 24.3 Å². The molecule has 2 aliphatic rings. The summed E-state index contributed by atoms with van der Waals surface area (Å²) in [6.07, 6.45) is 7.33. The van der Waals surface area contributed by atoms with Gasteiger partial charge in [0.15, 0.2) is 0 Å². The van der Waals surface area contributed by atoms with Crippen LogP contribution >= 0.6 is 0 Å². The van der Waals surface area contributed by atoms with Crippen LogP contribution < -0.4 is 10.6 Å². The second-order valence-corrected chi connectivity index (χ2v) is 7.58. The lowest BCUT2D eigenvalue weighted by molar-refractivity contribution is 0.0390. The van der Waals surface area contributed by atoms with E-state index in [4.69, 9.17) is 0 Å². The first kappa shape index (κ1) is 17.8. The van der Waals surface area contributed by atoms with Crippen LogP contribution in [0.25, 0.3) is 0 Å². The highest BCUT2D eigenvalue weighted by molar-refractivity contribution is 5.95. The summed E-state index contributed by atoms with van der Waals surface area (Å²) < 4.78 is 0. The summed E-state index contributed by atoms with van der Waals surface area (Å²) in [4.78, 5) is 26.8. The standard InChI is InChI=1S/C20H29N3O2/c1-14(2)21-20(25)22-17-11-9-16(10-12-17)19(24)23-13-5-7-15-6-3-4-8-18(15)23/h9-12,14-15,18H,3-8,13H2,1-2H3,(H2,21,22,25)/t15-,18+/m1/s1. The Morgan fingerprint density at radius 2 is 1.72 bits per heavy atom. The minimum Gasteiger partial charge on any atom is -0.336 e. The molecule has 0 spiro atoms. The molecule has 0 unspecified atom stereocenters. The highest BCUT2D eigenvalue weighted by atomic mass is 16.2. The van der Waals surface area contributed by atoms with Crippen LogP contribution in [0.4, 0.5) is 10.5 Å². The summed E-state index contributed by atoms with van der Waals surface area (Å²) >= 11 is 0. The van der Waals surface area contributed by atoms with E-state index in [0.717, 1.165) is 19.4 Å². The van der Waals surface area contributed by atoms with Gasteiger partial charge in [0.2, 0.25) is 0 Å². The summed E-state index contributed by atoms with van der Waals surface area (Å²) in [5.41, 5.74) is 1.41. The van der Waals surface area contributed by atoms with Crippen molar-refractivity contribution in [3.63, 3.8) is 0 Å². The minimum atomic E-state index is -0.227. The molecule has 3 amide bonds. The third-order valence-electron chi connectivity index (χ3n) is 5.31. The lowest BCUT2D eigenvalue weighted by Gasteiger charge is -2.44. The Hall–Kier alpha value is -2.04. The third-order valence-corrected chi connectivity index (χ3v) is 5.31. The number of nitrogens with zero attached hydrogens (tertiary/aromatic N) is 1. The maximum atomic E-state index is 13.0. The average molecular weight is 343 g/mol. The van der Waals surface area contributed by atoms with Crippen LogP contribution in [0.2, 0.25) is 0 Å². The van der Waals surface area contributed by atoms with Crippen molar-refractivity contribution in [3.8, 4) is 0 Å².